The summed E-state index contributed by atoms with van der Waals surface area (Å²) in [5.74, 6) is 0.158. The summed E-state index contributed by atoms with van der Waals surface area (Å²) < 4.78 is 1.78. The van der Waals surface area contributed by atoms with Gasteiger partial charge in [0, 0.05) is 44.2 Å². The van der Waals surface area contributed by atoms with Crippen LogP contribution in [0.25, 0.3) is 16.5 Å². The summed E-state index contributed by atoms with van der Waals surface area (Å²) in [5, 5.41) is 1.18. The van der Waals surface area contributed by atoms with Crippen LogP contribution in [0.3, 0.4) is 0 Å². The number of carbonyl (C=O) groups is 2. The lowest BCUT2D eigenvalue weighted by atomic mass is 9.79. The highest BCUT2D eigenvalue weighted by Crippen LogP contribution is 2.42. The minimum absolute atomic E-state index is 0.0414. The van der Waals surface area contributed by atoms with Gasteiger partial charge in [0.15, 0.2) is 0 Å². The number of fused-ring (bicyclic) bond motifs is 2. The number of rotatable bonds is 6. The average molecular weight is 408 g/mol. The zero-order valence-corrected chi connectivity index (χ0v) is 18.6. The Morgan fingerprint density at radius 3 is 2.60 bits per heavy atom. The smallest absolute Gasteiger partial charge is 0.230 e. The second kappa shape index (κ2) is 8.38. The molecule has 0 bridgehead atoms. The maximum Gasteiger partial charge on any atom is 0.230 e. The molecule has 2 heterocycles. The Kier molecular flexibility index (Phi) is 5.83. The number of amides is 1. The van der Waals surface area contributed by atoms with Crippen LogP contribution < -0.4 is 0 Å². The molecule has 0 radical (unpaired) electrons. The molecule has 1 amide bonds. The van der Waals surface area contributed by atoms with Crippen LogP contribution in [0.15, 0.2) is 30.5 Å². The van der Waals surface area contributed by atoms with Crippen molar-refractivity contribution in [2.45, 2.75) is 53.0 Å². The van der Waals surface area contributed by atoms with Crippen molar-refractivity contribution in [1.29, 1.82) is 0 Å². The summed E-state index contributed by atoms with van der Waals surface area (Å²) in [6, 6.07) is 6.51. The van der Waals surface area contributed by atoms with Gasteiger partial charge in [-0.3, -0.25) is 19.1 Å². The maximum atomic E-state index is 13.2. The molecule has 0 N–H and O–H groups in total. The molecule has 2 aromatic rings. The van der Waals surface area contributed by atoms with Crippen LogP contribution in [0.2, 0.25) is 0 Å². The van der Waals surface area contributed by atoms with Gasteiger partial charge >= 0.3 is 0 Å². The van der Waals surface area contributed by atoms with E-state index in [0.29, 0.717) is 0 Å². The predicted octanol–water partition coefficient (Wildman–Crippen LogP) is 4.21. The first-order valence-electron chi connectivity index (χ1n) is 11.4. The van der Waals surface area contributed by atoms with Gasteiger partial charge in [0.2, 0.25) is 11.8 Å². The van der Waals surface area contributed by atoms with Crippen molar-refractivity contribution >= 4 is 28.3 Å². The van der Waals surface area contributed by atoms with E-state index in [-0.39, 0.29) is 23.8 Å². The molecule has 0 saturated carbocycles. The average Bonchev–Trinajstić information content (AvgIpc) is 3.13. The Hall–Kier alpha value is -2.40. The SMILES string of the molecule is CCCCN1C[C@H](C(=O)N(CC)CC)C=C2c3cccc4c3c(cn4C(C)=O)C[C@H]21. The first-order chi connectivity index (χ1) is 14.5. The second-order valence-electron chi connectivity index (χ2n) is 8.55. The van der Waals surface area contributed by atoms with E-state index < -0.39 is 0 Å². The molecular formula is C25H33N3O2. The molecule has 1 aliphatic carbocycles. The fourth-order valence-electron chi connectivity index (χ4n) is 5.23. The van der Waals surface area contributed by atoms with Crippen LogP contribution in [0.4, 0.5) is 0 Å². The molecule has 30 heavy (non-hydrogen) atoms. The van der Waals surface area contributed by atoms with Crippen LogP contribution in [0.1, 0.15) is 56.5 Å². The molecule has 0 saturated heterocycles. The van der Waals surface area contributed by atoms with E-state index in [1.54, 1.807) is 11.5 Å². The monoisotopic (exact) mass is 407 g/mol. The molecule has 0 spiro atoms. The molecule has 2 aliphatic rings. The van der Waals surface area contributed by atoms with Gasteiger partial charge in [0.05, 0.1) is 11.4 Å². The molecule has 1 aromatic heterocycles. The molecule has 0 unspecified atom stereocenters. The highest BCUT2D eigenvalue weighted by atomic mass is 16.2. The Morgan fingerprint density at radius 2 is 1.93 bits per heavy atom. The van der Waals surface area contributed by atoms with Crippen molar-refractivity contribution in [1.82, 2.24) is 14.4 Å². The van der Waals surface area contributed by atoms with Gasteiger partial charge in [-0.05, 0) is 56.0 Å². The van der Waals surface area contributed by atoms with Gasteiger partial charge in [0.1, 0.15) is 0 Å². The van der Waals surface area contributed by atoms with Crippen molar-refractivity contribution in [3.63, 3.8) is 0 Å². The van der Waals surface area contributed by atoms with Gasteiger partial charge in [-0.15, -0.1) is 0 Å². The van der Waals surface area contributed by atoms with Gasteiger partial charge in [0.25, 0.3) is 0 Å². The van der Waals surface area contributed by atoms with Gasteiger partial charge in [-0.2, -0.15) is 0 Å². The fourth-order valence-corrected chi connectivity index (χ4v) is 5.23. The normalized spacial score (nSPS) is 20.7. The van der Waals surface area contributed by atoms with Gasteiger partial charge in [-0.1, -0.05) is 31.6 Å². The fraction of sp³-hybridized carbons (Fsp3) is 0.520. The highest BCUT2D eigenvalue weighted by Gasteiger charge is 2.38. The van der Waals surface area contributed by atoms with Crippen LogP contribution in [0, 0.1) is 5.92 Å². The van der Waals surface area contributed by atoms with E-state index in [2.05, 4.69) is 24.0 Å². The van der Waals surface area contributed by atoms with Crippen LogP contribution in [-0.2, 0) is 11.2 Å². The molecule has 1 aliphatic heterocycles. The highest BCUT2D eigenvalue weighted by molar-refractivity contribution is 6.03. The Morgan fingerprint density at radius 1 is 1.17 bits per heavy atom. The number of nitrogens with zero attached hydrogens (tertiary/aromatic N) is 3. The molecule has 4 rings (SSSR count). The largest absolute Gasteiger partial charge is 0.343 e. The molecule has 160 valence electrons. The van der Waals surface area contributed by atoms with Crippen molar-refractivity contribution in [2.24, 2.45) is 5.92 Å². The Balaban J connectivity index is 1.83. The predicted molar refractivity (Wildman–Crippen MR) is 122 cm³/mol. The van der Waals surface area contributed by atoms with Crippen molar-refractivity contribution < 1.29 is 9.59 Å². The molecule has 0 fully saturated rings. The molecule has 1 aromatic carbocycles. The minimum atomic E-state index is -0.111. The standard InChI is InChI=1S/C25H33N3O2/c1-5-8-12-27-15-19(25(30)26(6-2)7-3)13-21-20-10-9-11-22-24(20)18(14-23(21)27)16-28(22)17(4)29/h9-11,13,16,19,23H,5-8,12,14-15H2,1-4H3/t19-,23-/m1/s1. The van der Waals surface area contributed by atoms with E-state index in [1.807, 2.05) is 37.1 Å². The minimum Gasteiger partial charge on any atom is -0.343 e. The molecular weight excluding hydrogens is 374 g/mol. The summed E-state index contributed by atoms with van der Waals surface area (Å²) in [6.07, 6.45) is 7.42. The number of benzene rings is 1. The lowest BCUT2D eigenvalue weighted by Crippen LogP contribution is -2.49. The number of unbranched alkanes of at least 4 members (excludes halogenated alkanes) is 1. The first kappa shape index (κ1) is 20.9. The van der Waals surface area contributed by atoms with Crippen molar-refractivity contribution in [3.8, 4) is 0 Å². The third-order valence-corrected chi connectivity index (χ3v) is 6.77. The molecule has 2 atom stereocenters. The van der Waals surface area contributed by atoms with Crippen molar-refractivity contribution in [3.05, 3.63) is 41.6 Å². The Bertz CT molecular complexity index is 999. The van der Waals surface area contributed by atoms with E-state index in [9.17, 15) is 9.59 Å². The van der Waals surface area contributed by atoms with E-state index >= 15 is 0 Å². The van der Waals surface area contributed by atoms with E-state index in [4.69, 9.17) is 0 Å². The summed E-state index contributed by atoms with van der Waals surface area (Å²) >= 11 is 0. The number of carbonyl (C=O) groups excluding carboxylic acids is 2. The molecule has 5 heteroatoms. The van der Waals surface area contributed by atoms with Gasteiger partial charge < -0.3 is 4.90 Å². The summed E-state index contributed by atoms with van der Waals surface area (Å²) in [4.78, 5) is 29.9. The Labute approximate surface area is 179 Å². The van der Waals surface area contributed by atoms with Gasteiger partial charge in [-0.25, -0.2) is 0 Å². The van der Waals surface area contributed by atoms with Crippen molar-refractivity contribution in [2.75, 3.05) is 26.2 Å². The van der Waals surface area contributed by atoms with Crippen LogP contribution in [-0.4, -0.2) is 58.4 Å². The van der Waals surface area contributed by atoms with E-state index in [1.165, 1.54) is 22.1 Å². The number of hydrogen-bond donors (Lipinski definition) is 0. The number of hydrogen-bond acceptors (Lipinski definition) is 3. The maximum absolute atomic E-state index is 13.2. The van der Waals surface area contributed by atoms with Crippen LogP contribution in [0.5, 0.6) is 0 Å². The summed E-state index contributed by atoms with van der Waals surface area (Å²) in [5.41, 5.74) is 4.68. The molecule has 5 nitrogen and oxygen atoms in total. The lowest BCUT2D eigenvalue weighted by Gasteiger charge is -2.42. The summed E-state index contributed by atoms with van der Waals surface area (Å²) in [6.45, 7) is 11.2. The topological polar surface area (TPSA) is 45.6 Å². The lowest BCUT2D eigenvalue weighted by molar-refractivity contribution is -0.134. The first-order valence-corrected chi connectivity index (χ1v) is 11.4. The quantitative estimate of drug-likeness (QED) is 0.721. The third-order valence-electron chi connectivity index (χ3n) is 6.77. The number of aromatic nitrogens is 1. The zero-order chi connectivity index (χ0) is 21.4. The third kappa shape index (κ3) is 3.39. The second-order valence-corrected chi connectivity index (χ2v) is 8.55. The zero-order valence-electron chi connectivity index (χ0n) is 18.6. The van der Waals surface area contributed by atoms with E-state index in [0.717, 1.165) is 51.0 Å². The van der Waals surface area contributed by atoms with Crippen LogP contribution >= 0.6 is 0 Å². The summed E-state index contributed by atoms with van der Waals surface area (Å²) in [7, 11) is 0.